The number of nitrogens with zero attached hydrogens (tertiary/aromatic N) is 1. The number of halogens is 1. The Morgan fingerprint density at radius 3 is 2.93 bits per heavy atom. The van der Waals surface area contributed by atoms with E-state index in [0.29, 0.717) is 12.0 Å². The molecular formula is C11H12FNO. The lowest BCUT2D eigenvalue weighted by atomic mass is 10.0. The Kier molecular flexibility index (Phi) is 2.48. The molecule has 0 N–H and O–H groups in total. The third-order valence-electron chi connectivity index (χ3n) is 2.37. The first kappa shape index (κ1) is 9.19. The minimum atomic E-state index is -0.230. The molecule has 1 aliphatic heterocycles. The van der Waals surface area contributed by atoms with Gasteiger partial charge in [0.15, 0.2) is 0 Å². The van der Waals surface area contributed by atoms with Gasteiger partial charge in [0, 0.05) is 12.0 Å². The fourth-order valence-electron chi connectivity index (χ4n) is 1.50. The highest BCUT2D eigenvalue weighted by molar-refractivity contribution is 6.01. The highest BCUT2D eigenvalue weighted by atomic mass is 19.1. The summed E-state index contributed by atoms with van der Waals surface area (Å²) in [5.41, 5.74) is 1.28. The maximum Gasteiger partial charge on any atom is 0.133 e. The van der Waals surface area contributed by atoms with Gasteiger partial charge in [-0.1, -0.05) is 30.3 Å². The monoisotopic (exact) mass is 193 g/mol. The number of hydrogen-bond donors (Lipinski definition) is 0. The molecule has 0 aliphatic carbocycles. The smallest absolute Gasteiger partial charge is 0.133 e. The van der Waals surface area contributed by atoms with Crippen molar-refractivity contribution in [3.8, 4) is 0 Å². The van der Waals surface area contributed by atoms with Gasteiger partial charge in [-0.15, -0.1) is 0 Å². The van der Waals surface area contributed by atoms with E-state index in [0.717, 1.165) is 12.1 Å². The molecule has 1 aliphatic rings. The molecule has 14 heavy (non-hydrogen) atoms. The highest BCUT2D eigenvalue weighted by Gasteiger charge is 2.21. The van der Waals surface area contributed by atoms with Crippen LogP contribution >= 0.6 is 0 Å². The molecule has 0 spiro atoms. The van der Waals surface area contributed by atoms with Crippen LogP contribution in [0, 0.1) is 5.82 Å². The Balaban J connectivity index is 2.22. The Morgan fingerprint density at radius 1 is 1.50 bits per heavy atom. The van der Waals surface area contributed by atoms with Crippen molar-refractivity contribution >= 4 is 5.71 Å². The van der Waals surface area contributed by atoms with E-state index in [2.05, 4.69) is 5.16 Å². The minimum Gasteiger partial charge on any atom is -0.392 e. The van der Waals surface area contributed by atoms with Crippen LogP contribution in [-0.4, -0.2) is 11.8 Å². The molecule has 0 fully saturated rings. The predicted octanol–water partition coefficient (Wildman–Crippen LogP) is 2.73. The van der Waals surface area contributed by atoms with Crippen molar-refractivity contribution in [3.63, 3.8) is 0 Å². The lowest BCUT2D eigenvalue weighted by Gasteiger charge is -2.02. The van der Waals surface area contributed by atoms with Crippen molar-refractivity contribution in [2.24, 2.45) is 5.16 Å². The summed E-state index contributed by atoms with van der Waals surface area (Å²) in [5.74, 6) is -0.230. The molecule has 0 saturated heterocycles. The molecule has 0 amide bonds. The van der Waals surface area contributed by atoms with E-state index in [1.54, 1.807) is 18.2 Å². The SMILES string of the molecule is CCC1CC(c2ccccc2F)=NO1. The number of rotatable bonds is 2. The van der Waals surface area contributed by atoms with E-state index in [1.807, 2.05) is 6.92 Å². The summed E-state index contributed by atoms with van der Waals surface area (Å²) in [7, 11) is 0. The van der Waals surface area contributed by atoms with Gasteiger partial charge >= 0.3 is 0 Å². The Bertz CT molecular complexity index is 362. The van der Waals surface area contributed by atoms with Gasteiger partial charge in [-0.2, -0.15) is 0 Å². The first-order valence-electron chi connectivity index (χ1n) is 4.79. The van der Waals surface area contributed by atoms with Crippen LogP contribution in [0.4, 0.5) is 4.39 Å². The molecule has 2 nitrogen and oxygen atoms in total. The van der Waals surface area contributed by atoms with Crippen LogP contribution < -0.4 is 0 Å². The van der Waals surface area contributed by atoms with Crippen LogP contribution in [0.15, 0.2) is 29.4 Å². The van der Waals surface area contributed by atoms with Crippen LogP contribution in [0.1, 0.15) is 25.3 Å². The van der Waals surface area contributed by atoms with E-state index >= 15 is 0 Å². The Labute approximate surface area is 82.4 Å². The van der Waals surface area contributed by atoms with Gasteiger partial charge in [-0.05, 0) is 12.5 Å². The van der Waals surface area contributed by atoms with E-state index in [9.17, 15) is 4.39 Å². The van der Waals surface area contributed by atoms with Crippen molar-refractivity contribution in [2.45, 2.75) is 25.9 Å². The average molecular weight is 193 g/mol. The molecule has 1 atom stereocenters. The quantitative estimate of drug-likeness (QED) is 0.707. The highest BCUT2D eigenvalue weighted by Crippen LogP contribution is 2.20. The van der Waals surface area contributed by atoms with Gasteiger partial charge in [0.1, 0.15) is 11.9 Å². The normalized spacial score (nSPS) is 20.4. The van der Waals surface area contributed by atoms with Gasteiger partial charge in [0.05, 0.1) is 5.71 Å². The second-order valence-electron chi connectivity index (χ2n) is 3.36. The van der Waals surface area contributed by atoms with E-state index in [4.69, 9.17) is 4.84 Å². The first-order chi connectivity index (χ1) is 6.81. The van der Waals surface area contributed by atoms with Gasteiger partial charge in [0.2, 0.25) is 0 Å². The molecular weight excluding hydrogens is 181 g/mol. The van der Waals surface area contributed by atoms with E-state index in [-0.39, 0.29) is 11.9 Å². The third-order valence-corrected chi connectivity index (χ3v) is 2.37. The Hall–Kier alpha value is -1.38. The number of benzene rings is 1. The maximum absolute atomic E-state index is 13.3. The van der Waals surface area contributed by atoms with Crippen LogP contribution in [0.5, 0.6) is 0 Å². The number of hydrogen-bond acceptors (Lipinski definition) is 2. The minimum absolute atomic E-state index is 0.115. The predicted molar refractivity (Wildman–Crippen MR) is 52.7 cm³/mol. The summed E-state index contributed by atoms with van der Waals surface area (Å²) in [6, 6.07) is 6.65. The van der Waals surface area contributed by atoms with Gasteiger partial charge < -0.3 is 4.84 Å². The Morgan fingerprint density at radius 2 is 2.29 bits per heavy atom. The van der Waals surface area contributed by atoms with E-state index < -0.39 is 0 Å². The molecule has 3 heteroatoms. The van der Waals surface area contributed by atoms with Gasteiger partial charge in [-0.25, -0.2) is 4.39 Å². The van der Waals surface area contributed by atoms with E-state index in [1.165, 1.54) is 6.07 Å². The second kappa shape index (κ2) is 3.78. The maximum atomic E-state index is 13.3. The summed E-state index contributed by atoms with van der Waals surface area (Å²) in [4.78, 5) is 5.15. The molecule has 0 saturated carbocycles. The summed E-state index contributed by atoms with van der Waals surface area (Å²) < 4.78 is 13.3. The largest absolute Gasteiger partial charge is 0.392 e. The van der Waals surface area contributed by atoms with Crippen molar-refractivity contribution in [2.75, 3.05) is 0 Å². The van der Waals surface area contributed by atoms with Crippen LogP contribution in [0.2, 0.25) is 0 Å². The lowest BCUT2D eigenvalue weighted by molar-refractivity contribution is 0.0829. The van der Waals surface area contributed by atoms with Crippen LogP contribution in [0.25, 0.3) is 0 Å². The summed E-state index contributed by atoms with van der Waals surface area (Å²) in [5, 5.41) is 3.90. The molecule has 0 aromatic heterocycles. The molecule has 1 heterocycles. The topological polar surface area (TPSA) is 21.6 Å². The van der Waals surface area contributed by atoms with Crippen LogP contribution in [-0.2, 0) is 4.84 Å². The second-order valence-corrected chi connectivity index (χ2v) is 3.36. The zero-order chi connectivity index (χ0) is 9.97. The van der Waals surface area contributed by atoms with Crippen molar-refractivity contribution in [3.05, 3.63) is 35.6 Å². The summed E-state index contributed by atoms with van der Waals surface area (Å²) >= 11 is 0. The van der Waals surface area contributed by atoms with Gasteiger partial charge in [-0.3, -0.25) is 0 Å². The molecule has 1 unspecified atom stereocenters. The first-order valence-corrected chi connectivity index (χ1v) is 4.79. The molecule has 0 radical (unpaired) electrons. The summed E-state index contributed by atoms with van der Waals surface area (Å²) in [6.07, 6.45) is 1.73. The zero-order valence-corrected chi connectivity index (χ0v) is 8.03. The summed E-state index contributed by atoms with van der Waals surface area (Å²) in [6.45, 7) is 2.03. The van der Waals surface area contributed by atoms with Crippen molar-refractivity contribution in [1.82, 2.24) is 0 Å². The zero-order valence-electron chi connectivity index (χ0n) is 8.03. The van der Waals surface area contributed by atoms with Crippen LogP contribution in [0.3, 0.4) is 0 Å². The number of oxime groups is 1. The molecule has 1 aromatic rings. The molecule has 2 rings (SSSR count). The molecule has 0 bridgehead atoms. The van der Waals surface area contributed by atoms with Crippen molar-refractivity contribution in [1.29, 1.82) is 0 Å². The standard InChI is InChI=1S/C11H12FNO/c1-2-8-7-11(13-14-8)9-5-3-4-6-10(9)12/h3-6,8H,2,7H2,1H3. The molecule has 1 aromatic carbocycles. The lowest BCUT2D eigenvalue weighted by Crippen LogP contribution is -2.07. The molecule has 74 valence electrons. The fraction of sp³-hybridized carbons (Fsp3) is 0.364. The van der Waals surface area contributed by atoms with Gasteiger partial charge in [0.25, 0.3) is 0 Å². The fourth-order valence-corrected chi connectivity index (χ4v) is 1.50. The third kappa shape index (κ3) is 1.62. The average Bonchev–Trinajstić information content (AvgIpc) is 2.67. The van der Waals surface area contributed by atoms with Crippen molar-refractivity contribution < 1.29 is 9.23 Å².